The van der Waals surface area contributed by atoms with Crippen molar-refractivity contribution in [3.05, 3.63) is 0 Å². The molecule has 0 heterocycles. The van der Waals surface area contributed by atoms with E-state index in [-0.39, 0.29) is 45.1 Å². The van der Waals surface area contributed by atoms with Gasteiger partial charge in [-0.1, -0.05) is 0 Å². The van der Waals surface area contributed by atoms with E-state index in [1.807, 2.05) is 0 Å². The van der Waals surface area contributed by atoms with Crippen LogP contribution in [0.3, 0.4) is 0 Å². The molecule has 0 fully saturated rings. The first-order chi connectivity index (χ1) is 3.73. The molecule has 0 aromatic rings. The van der Waals surface area contributed by atoms with E-state index in [2.05, 4.69) is 25.0 Å². The van der Waals surface area contributed by atoms with E-state index in [4.69, 9.17) is 14.4 Å². The summed E-state index contributed by atoms with van der Waals surface area (Å²) in [5, 5.41) is 0. The van der Waals surface area contributed by atoms with E-state index >= 15 is 0 Å². The van der Waals surface area contributed by atoms with E-state index in [9.17, 15) is 0 Å². The van der Waals surface area contributed by atoms with Gasteiger partial charge in [-0.05, 0) is 25.0 Å². The summed E-state index contributed by atoms with van der Waals surface area (Å²) in [6.07, 6.45) is 9.08. The molecule has 0 unspecified atom stereocenters. The van der Waals surface area contributed by atoms with Crippen LogP contribution in [0.1, 0.15) is 0 Å². The third-order valence-electron chi connectivity index (χ3n) is 0. The van der Waals surface area contributed by atoms with Gasteiger partial charge in [-0.15, -0.1) is 0 Å². The van der Waals surface area contributed by atoms with Crippen molar-refractivity contribution in [2.24, 2.45) is 0 Å². The second kappa shape index (κ2) is 11.5. The van der Waals surface area contributed by atoms with E-state index in [0.29, 0.717) is 0 Å². The quantitative estimate of drug-likeness (QED) is 0.410. The van der Waals surface area contributed by atoms with Crippen LogP contribution in [0.4, 0.5) is 0 Å². The molecule has 0 saturated heterocycles. The Kier molecular flexibility index (Phi) is 23.8. The average molecular weight is 216 g/mol. The Morgan fingerprint density at radius 2 is 1.09 bits per heavy atom. The zero-order chi connectivity index (χ0) is 8.08. The molecule has 4 nitrogen and oxygen atoms in total. The molecule has 0 rings (SSSR count). The fourth-order valence-electron chi connectivity index (χ4n) is 0. The molecule has 0 bridgehead atoms. The van der Waals surface area contributed by atoms with Gasteiger partial charge in [0, 0.05) is 0 Å². The van der Waals surface area contributed by atoms with Gasteiger partial charge in [0.1, 0.15) is 0 Å². The Hall–Kier alpha value is 1.46. The van der Waals surface area contributed by atoms with Gasteiger partial charge in [0.05, 0.1) is 0 Å². The minimum atomic E-state index is -3.13. The van der Waals surface area contributed by atoms with Crippen molar-refractivity contribution in [1.29, 1.82) is 0 Å². The normalized spacial score (nSPS) is 10.1. The van der Waals surface area contributed by atoms with Crippen LogP contribution < -0.4 is 0 Å². The van der Waals surface area contributed by atoms with Crippen molar-refractivity contribution in [2.45, 2.75) is 0 Å². The molecular weight excluding hydrogens is 198 g/mol. The zero-order valence-electron chi connectivity index (χ0n) is 6.71. The van der Waals surface area contributed by atoms with Crippen LogP contribution in [0.15, 0.2) is 0 Å². The van der Waals surface area contributed by atoms with E-state index in [0.717, 1.165) is 0 Å². The molecule has 0 aliphatic rings. The van der Waals surface area contributed by atoms with Crippen molar-refractivity contribution >= 4 is 47.8 Å². The van der Waals surface area contributed by atoms with Gasteiger partial charge in [-0.3, -0.25) is 14.6 Å². The Morgan fingerprint density at radius 1 is 1.09 bits per heavy atom. The molecular formula is C4H18NaO4PS. The predicted molar refractivity (Wildman–Crippen MR) is 55.5 cm³/mol. The molecule has 4 N–H and O–H groups in total. The first-order valence-corrected chi connectivity index (χ1v) is 6.85. The molecule has 0 radical (unpaired) electrons. The van der Waals surface area contributed by atoms with Gasteiger partial charge in [0.2, 0.25) is 0 Å². The van der Waals surface area contributed by atoms with Crippen LogP contribution in [0.5, 0.6) is 0 Å². The molecule has 0 atom stereocenters. The van der Waals surface area contributed by atoms with E-state index in [1.165, 1.54) is 0 Å². The molecule has 70 valence electrons. The summed E-state index contributed by atoms with van der Waals surface area (Å²) in [5.74, 6) is 0. The van der Waals surface area contributed by atoms with Crippen molar-refractivity contribution in [1.82, 2.24) is 0 Å². The average Bonchev–Trinajstić information content (AvgIpc) is 1.19. The molecule has 7 heteroatoms. The van der Waals surface area contributed by atoms with E-state index < -0.39 is 8.25 Å². The van der Waals surface area contributed by atoms with Crippen LogP contribution in [-0.2, 0) is 4.57 Å². The van der Waals surface area contributed by atoms with Crippen LogP contribution in [0, 0.1) is 0 Å². The SMILES string of the molecule is CS(C)(C)C.O.O=[PH](O)O.[NaH]. The van der Waals surface area contributed by atoms with Crippen molar-refractivity contribution in [3.63, 3.8) is 0 Å². The molecule has 11 heavy (non-hydrogen) atoms. The molecule has 0 aliphatic heterocycles. The first kappa shape index (κ1) is 22.9. The van der Waals surface area contributed by atoms with Crippen LogP contribution in [0.2, 0.25) is 0 Å². The summed E-state index contributed by atoms with van der Waals surface area (Å²) in [7, 11) is -3.30. The Bertz CT molecular complexity index is 84.6. The minimum absolute atomic E-state index is 0. The topological polar surface area (TPSA) is 89.0 Å². The van der Waals surface area contributed by atoms with Crippen molar-refractivity contribution < 1.29 is 19.8 Å². The van der Waals surface area contributed by atoms with Crippen LogP contribution in [-0.4, -0.2) is 69.8 Å². The fraction of sp³-hybridized carbons (Fsp3) is 1.00. The maximum absolute atomic E-state index is 8.74. The summed E-state index contributed by atoms with van der Waals surface area (Å²) in [6.45, 7) is 0. The van der Waals surface area contributed by atoms with E-state index in [1.54, 1.807) is 0 Å². The second-order valence-corrected chi connectivity index (χ2v) is 8.20. The van der Waals surface area contributed by atoms with Gasteiger partial charge in [-0.2, -0.15) is 0 Å². The molecule has 0 amide bonds. The van der Waals surface area contributed by atoms with Gasteiger partial charge in [0.15, 0.2) is 0 Å². The Labute approximate surface area is 92.3 Å². The number of hydrogen-bond donors (Lipinski definition) is 2. The molecule has 0 aliphatic carbocycles. The summed E-state index contributed by atoms with van der Waals surface area (Å²) in [4.78, 5) is 14.3. The summed E-state index contributed by atoms with van der Waals surface area (Å²) < 4.78 is 8.74. The molecule has 0 aromatic heterocycles. The monoisotopic (exact) mass is 216 g/mol. The van der Waals surface area contributed by atoms with Gasteiger partial charge in [0.25, 0.3) is 0 Å². The summed E-state index contributed by atoms with van der Waals surface area (Å²) in [5.41, 5.74) is 0. The second-order valence-electron chi connectivity index (χ2n) is 2.73. The number of rotatable bonds is 0. The predicted octanol–water partition coefficient (Wildman–Crippen LogP) is -0.802. The summed E-state index contributed by atoms with van der Waals surface area (Å²) >= 11 is 0. The third kappa shape index (κ3) is 481. The van der Waals surface area contributed by atoms with Crippen LogP contribution in [0.25, 0.3) is 0 Å². The first-order valence-electron chi connectivity index (χ1n) is 2.28. The third-order valence-corrected chi connectivity index (χ3v) is 0. The standard InChI is InChI=1S/C4H12S.Na.H3O3P.H2O.H/c1-5(2,3)4;;1-4(2)3;;/h1-4H3;;4H,(H2,1,2,3);1H2;. The van der Waals surface area contributed by atoms with Crippen molar-refractivity contribution in [3.8, 4) is 0 Å². The van der Waals surface area contributed by atoms with Gasteiger partial charge in [-0.25, -0.2) is 0 Å². The Balaban J connectivity index is -0.0000000383. The Morgan fingerprint density at radius 3 is 1.09 bits per heavy atom. The van der Waals surface area contributed by atoms with Gasteiger partial charge < -0.3 is 15.3 Å². The fourth-order valence-corrected chi connectivity index (χ4v) is 0. The molecule has 0 saturated carbocycles. The summed E-state index contributed by atoms with van der Waals surface area (Å²) in [6, 6.07) is 0. The molecule has 0 spiro atoms. The van der Waals surface area contributed by atoms with Crippen LogP contribution >= 0.6 is 18.3 Å². The van der Waals surface area contributed by atoms with Crippen molar-refractivity contribution in [2.75, 3.05) is 25.0 Å². The molecule has 0 aromatic carbocycles. The maximum atomic E-state index is 8.74. The van der Waals surface area contributed by atoms with Gasteiger partial charge >= 0.3 is 37.8 Å². The number of hydrogen-bond acceptors (Lipinski definition) is 1. The zero-order valence-corrected chi connectivity index (χ0v) is 8.53.